The molecule has 0 fully saturated rings. The monoisotopic (exact) mass is 320 g/mol. The predicted molar refractivity (Wildman–Crippen MR) is 92.9 cm³/mol. The van der Waals surface area contributed by atoms with E-state index in [1.807, 2.05) is 0 Å². The molecule has 1 N–H and O–H groups in total. The van der Waals surface area contributed by atoms with Gasteiger partial charge in [0.25, 0.3) is 0 Å². The third-order valence-corrected chi connectivity index (χ3v) is 3.67. The fourth-order valence-electron chi connectivity index (χ4n) is 2.15. The number of hydrogen-bond acceptors (Lipinski definition) is 3. The van der Waals surface area contributed by atoms with E-state index in [0.29, 0.717) is 22.3 Å². The molecule has 0 aliphatic heterocycles. The van der Waals surface area contributed by atoms with Crippen LogP contribution in [0.4, 0.5) is 0 Å². The van der Waals surface area contributed by atoms with Crippen molar-refractivity contribution in [2.75, 3.05) is 0 Å². The van der Waals surface area contributed by atoms with E-state index in [4.69, 9.17) is 5.11 Å². The molecule has 0 bridgehead atoms. The first-order valence-corrected chi connectivity index (χ1v) is 7.19. The van der Waals surface area contributed by atoms with E-state index in [-0.39, 0.29) is 22.7 Å². The van der Waals surface area contributed by atoms with Gasteiger partial charge < -0.3 is 5.11 Å². The molecule has 24 heavy (non-hydrogen) atoms. The maximum absolute atomic E-state index is 12.5. The van der Waals surface area contributed by atoms with Crippen LogP contribution < -0.4 is 0 Å². The van der Waals surface area contributed by atoms with Crippen LogP contribution in [0.15, 0.2) is 61.7 Å². The second-order valence-corrected chi connectivity index (χ2v) is 5.30. The Morgan fingerprint density at radius 1 is 0.708 bits per heavy atom. The fraction of sp³-hybridized carbons (Fsp3) is 0.0500. The average Bonchev–Trinajstić information content (AvgIpc) is 2.60. The third kappa shape index (κ3) is 3.55. The number of carbonyl (C=O) groups excluding carboxylic acids is 2. The Hall–Kier alpha value is -3.27. The SMILES string of the molecule is C=C(C(C)=O)c1ccc(C(=O)C(=C)c2ccc(C(=O)O)cc2)cc1. The van der Waals surface area contributed by atoms with Crippen molar-refractivity contribution in [2.45, 2.75) is 6.92 Å². The number of ketones is 2. The lowest BCUT2D eigenvalue weighted by Crippen LogP contribution is -2.03. The Bertz CT molecular complexity index is 840. The molecule has 120 valence electrons. The molecule has 4 nitrogen and oxygen atoms in total. The Morgan fingerprint density at radius 3 is 1.50 bits per heavy atom. The highest BCUT2D eigenvalue weighted by Gasteiger charge is 2.14. The Kier molecular flexibility index (Phi) is 4.90. The Morgan fingerprint density at radius 2 is 1.08 bits per heavy atom. The van der Waals surface area contributed by atoms with E-state index in [0.717, 1.165) is 0 Å². The summed E-state index contributed by atoms with van der Waals surface area (Å²) in [6.07, 6.45) is 0. The molecule has 0 saturated heterocycles. The van der Waals surface area contributed by atoms with Gasteiger partial charge in [-0.3, -0.25) is 9.59 Å². The van der Waals surface area contributed by atoms with Crippen LogP contribution in [0.5, 0.6) is 0 Å². The molecule has 0 aliphatic rings. The van der Waals surface area contributed by atoms with E-state index < -0.39 is 5.97 Å². The summed E-state index contributed by atoms with van der Waals surface area (Å²) < 4.78 is 0. The number of benzene rings is 2. The number of rotatable bonds is 6. The normalized spacial score (nSPS) is 10.0. The largest absolute Gasteiger partial charge is 0.478 e. The minimum Gasteiger partial charge on any atom is -0.478 e. The number of carbonyl (C=O) groups is 3. The van der Waals surface area contributed by atoms with Crippen molar-refractivity contribution < 1.29 is 19.5 Å². The molecule has 0 unspecified atom stereocenters. The van der Waals surface area contributed by atoms with Gasteiger partial charge in [-0.1, -0.05) is 49.6 Å². The molecule has 2 aromatic carbocycles. The lowest BCUT2D eigenvalue weighted by atomic mass is 9.95. The first kappa shape index (κ1) is 17.1. The second kappa shape index (κ2) is 6.87. The summed E-state index contributed by atoms with van der Waals surface area (Å²) in [4.78, 5) is 34.6. The molecule has 0 amide bonds. The highest BCUT2D eigenvalue weighted by molar-refractivity contribution is 6.28. The molecular formula is C20H16O4. The second-order valence-electron chi connectivity index (χ2n) is 5.30. The fourth-order valence-corrected chi connectivity index (χ4v) is 2.15. The van der Waals surface area contributed by atoms with Crippen LogP contribution in [0.3, 0.4) is 0 Å². The molecule has 0 aliphatic carbocycles. The number of aromatic carboxylic acids is 1. The average molecular weight is 320 g/mol. The topological polar surface area (TPSA) is 71.4 Å². The molecular weight excluding hydrogens is 304 g/mol. The maximum Gasteiger partial charge on any atom is 0.335 e. The van der Waals surface area contributed by atoms with Gasteiger partial charge in [0.15, 0.2) is 11.6 Å². The molecule has 0 aromatic heterocycles. The summed E-state index contributed by atoms with van der Waals surface area (Å²) in [7, 11) is 0. The standard InChI is InChI=1S/C20H16O4/c1-12(14(3)21)15-4-8-17(9-5-15)19(22)13(2)16-6-10-18(11-7-16)20(23)24/h4-11H,1-2H2,3H3,(H,23,24). The molecule has 0 atom stereocenters. The summed E-state index contributed by atoms with van der Waals surface area (Å²) in [5.74, 6) is -1.42. The summed E-state index contributed by atoms with van der Waals surface area (Å²) in [5.41, 5.74) is 2.45. The van der Waals surface area contributed by atoms with Gasteiger partial charge in [-0.25, -0.2) is 4.79 Å². The van der Waals surface area contributed by atoms with Crippen LogP contribution in [0.2, 0.25) is 0 Å². The minimum absolute atomic E-state index is 0.128. The van der Waals surface area contributed by atoms with Gasteiger partial charge >= 0.3 is 5.97 Å². The number of Topliss-reactive ketones (excluding diaryl/α,β-unsaturated/α-hetero) is 2. The number of carboxylic acids is 1. The molecule has 4 heteroatoms. The van der Waals surface area contributed by atoms with Crippen molar-refractivity contribution in [3.05, 3.63) is 83.9 Å². The first-order valence-electron chi connectivity index (χ1n) is 7.19. The zero-order valence-electron chi connectivity index (χ0n) is 13.2. The van der Waals surface area contributed by atoms with Crippen LogP contribution in [0.1, 0.15) is 38.8 Å². The number of hydrogen-bond donors (Lipinski definition) is 1. The lowest BCUT2D eigenvalue weighted by Gasteiger charge is -2.07. The molecule has 0 saturated carbocycles. The van der Waals surface area contributed by atoms with Gasteiger partial charge in [0, 0.05) is 16.7 Å². The Labute approximate surface area is 139 Å². The number of carboxylic acid groups (broad SMARTS) is 1. The van der Waals surface area contributed by atoms with Crippen molar-refractivity contribution in [3.8, 4) is 0 Å². The highest BCUT2D eigenvalue weighted by Crippen LogP contribution is 2.21. The summed E-state index contributed by atoms with van der Waals surface area (Å²) in [5, 5.41) is 8.89. The summed E-state index contributed by atoms with van der Waals surface area (Å²) >= 11 is 0. The minimum atomic E-state index is -1.03. The molecule has 2 aromatic rings. The van der Waals surface area contributed by atoms with Gasteiger partial charge in [0.05, 0.1) is 5.56 Å². The molecule has 0 radical (unpaired) electrons. The summed E-state index contributed by atoms with van der Waals surface area (Å²) in [6, 6.07) is 12.5. The third-order valence-electron chi connectivity index (χ3n) is 3.67. The van der Waals surface area contributed by atoms with Crippen LogP contribution >= 0.6 is 0 Å². The van der Waals surface area contributed by atoms with Crippen molar-refractivity contribution in [2.24, 2.45) is 0 Å². The van der Waals surface area contributed by atoms with Gasteiger partial charge in [-0.15, -0.1) is 0 Å². The van der Waals surface area contributed by atoms with Crippen molar-refractivity contribution >= 4 is 28.7 Å². The molecule has 0 spiro atoms. The first-order chi connectivity index (χ1) is 11.3. The highest BCUT2D eigenvalue weighted by atomic mass is 16.4. The van der Waals surface area contributed by atoms with Gasteiger partial charge in [0.2, 0.25) is 0 Å². The van der Waals surface area contributed by atoms with E-state index in [1.54, 1.807) is 36.4 Å². The van der Waals surface area contributed by atoms with E-state index in [2.05, 4.69) is 13.2 Å². The zero-order valence-corrected chi connectivity index (χ0v) is 13.2. The quantitative estimate of drug-likeness (QED) is 0.647. The van der Waals surface area contributed by atoms with E-state index >= 15 is 0 Å². The van der Waals surface area contributed by atoms with E-state index in [1.165, 1.54) is 19.1 Å². The zero-order chi connectivity index (χ0) is 17.9. The molecule has 0 heterocycles. The van der Waals surface area contributed by atoms with Crippen LogP contribution in [-0.2, 0) is 4.79 Å². The van der Waals surface area contributed by atoms with Crippen LogP contribution in [-0.4, -0.2) is 22.6 Å². The van der Waals surface area contributed by atoms with Crippen LogP contribution in [0.25, 0.3) is 11.1 Å². The van der Waals surface area contributed by atoms with Gasteiger partial charge in [0.1, 0.15) is 0 Å². The lowest BCUT2D eigenvalue weighted by molar-refractivity contribution is -0.111. The van der Waals surface area contributed by atoms with Crippen LogP contribution in [0, 0.1) is 0 Å². The molecule has 2 rings (SSSR count). The van der Waals surface area contributed by atoms with Crippen molar-refractivity contribution in [1.29, 1.82) is 0 Å². The van der Waals surface area contributed by atoms with Gasteiger partial charge in [-0.2, -0.15) is 0 Å². The van der Waals surface area contributed by atoms with Gasteiger partial charge in [-0.05, 0) is 30.2 Å². The number of allylic oxidation sites excluding steroid dienone is 2. The predicted octanol–water partition coefficient (Wildman–Crippen LogP) is 3.88. The van der Waals surface area contributed by atoms with Crippen molar-refractivity contribution in [1.82, 2.24) is 0 Å². The van der Waals surface area contributed by atoms with Crippen molar-refractivity contribution in [3.63, 3.8) is 0 Å². The van der Waals surface area contributed by atoms with E-state index in [9.17, 15) is 14.4 Å². The maximum atomic E-state index is 12.5. The smallest absolute Gasteiger partial charge is 0.335 e. The Balaban J connectivity index is 2.21. The summed E-state index contributed by atoms with van der Waals surface area (Å²) in [6.45, 7) is 8.93.